The average molecular weight is 382 g/mol. The number of hydrogen-bond acceptors (Lipinski definition) is 3. The predicted octanol–water partition coefficient (Wildman–Crippen LogP) is 4.49. The molecule has 1 aromatic carbocycles. The maximum absolute atomic E-state index is 12.5. The number of ketones is 1. The third-order valence-corrected chi connectivity index (χ3v) is 5.12. The van der Waals surface area contributed by atoms with Crippen LogP contribution in [0.2, 0.25) is 0 Å². The Morgan fingerprint density at radius 3 is 2.59 bits per heavy atom. The van der Waals surface area contributed by atoms with Crippen LogP contribution in [0.1, 0.15) is 21.7 Å². The van der Waals surface area contributed by atoms with Crippen LogP contribution in [0.4, 0.5) is 0 Å². The van der Waals surface area contributed by atoms with Gasteiger partial charge >= 0.3 is 0 Å². The quantitative estimate of drug-likeness (QED) is 0.522. The SMILES string of the molecule is COCCn1c(C)cc(C(=O)CSc2ccc(Br)cc2)c1C. The van der Waals surface area contributed by atoms with Gasteiger partial charge < -0.3 is 9.30 Å². The minimum Gasteiger partial charge on any atom is -0.383 e. The molecule has 3 nitrogen and oxygen atoms in total. The molecule has 0 radical (unpaired) electrons. The fourth-order valence-electron chi connectivity index (χ4n) is 2.37. The van der Waals surface area contributed by atoms with E-state index >= 15 is 0 Å². The Balaban J connectivity index is 2.04. The molecule has 0 aliphatic carbocycles. The number of ether oxygens (including phenoxy) is 1. The number of aromatic nitrogens is 1. The molecule has 0 saturated carbocycles. The smallest absolute Gasteiger partial charge is 0.174 e. The first-order valence-electron chi connectivity index (χ1n) is 7.10. The van der Waals surface area contributed by atoms with E-state index in [1.807, 2.05) is 44.2 Å². The lowest BCUT2D eigenvalue weighted by Gasteiger charge is -2.08. The molecule has 2 rings (SSSR count). The fourth-order valence-corrected chi connectivity index (χ4v) is 3.41. The maximum atomic E-state index is 12.5. The van der Waals surface area contributed by atoms with E-state index in [1.165, 1.54) is 0 Å². The van der Waals surface area contributed by atoms with Crippen LogP contribution in [0, 0.1) is 13.8 Å². The normalized spacial score (nSPS) is 10.9. The second-order valence-electron chi connectivity index (χ2n) is 5.10. The summed E-state index contributed by atoms with van der Waals surface area (Å²) in [5.74, 6) is 0.626. The number of benzene rings is 1. The number of halogens is 1. The zero-order valence-corrected chi connectivity index (χ0v) is 15.5. The number of thioether (sulfide) groups is 1. The summed E-state index contributed by atoms with van der Waals surface area (Å²) in [6, 6.07) is 10.00. The lowest BCUT2D eigenvalue weighted by atomic mass is 10.2. The highest BCUT2D eigenvalue weighted by Crippen LogP contribution is 2.23. The third kappa shape index (κ3) is 4.24. The van der Waals surface area contributed by atoms with Crippen LogP contribution in [0.25, 0.3) is 0 Å². The Morgan fingerprint density at radius 2 is 1.95 bits per heavy atom. The summed E-state index contributed by atoms with van der Waals surface area (Å²) >= 11 is 4.98. The first-order chi connectivity index (χ1) is 10.5. The first kappa shape index (κ1) is 17.3. The fraction of sp³-hybridized carbons (Fsp3) is 0.353. The maximum Gasteiger partial charge on any atom is 0.174 e. The van der Waals surface area contributed by atoms with Gasteiger partial charge in [0, 0.05) is 40.0 Å². The Bertz CT molecular complexity index is 649. The molecular weight excluding hydrogens is 362 g/mol. The lowest BCUT2D eigenvalue weighted by Crippen LogP contribution is -2.09. The van der Waals surface area contributed by atoms with Crippen molar-refractivity contribution in [2.45, 2.75) is 25.3 Å². The van der Waals surface area contributed by atoms with Gasteiger partial charge in [0.05, 0.1) is 12.4 Å². The van der Waals surface area contributed by atoms with Crippen LogP contribution in [-0.4, -0.2) is 29.8 Å². The zero-order chi connectivity index (χ0) is 16.1. The van der Waals surface area contributed by atoms with Crippen LogP contribution in [-0.2, 0) is 11.3 Å². The Kier molecular flexibility index (Phi) is 6.29. The molecule has 118 valence electrons. The van der Waals surface area contributed by atoms with E-state index in [0.29, 0.717) is 12.4 Å². The van der Waals surface area contributed by atoms with Gasteiger partial charge in [-0.2, -0.15) is 0 Å². The Labute approximate surface area is 144 Å². The number of carbonyl (C=O) groups is 1. The van der Waals surface area contributed by atoms with Crippen molar-refractivity contribution < 1.29 is 9.53 Å². The van der Waals surface area contributed by atoms with Crippen LogP contribution in [0.5, 0.6) is 0 Å². The number of carbonyl (C=O) groups excluding carboxylic acids is 1. The minimum atomic E-state index is 0.171. The molecule has 2 aromatic rings. The van der Waals surface area contributed by atoms with Gasteiger partial charge in [-0.1, -0.05) is 15.9 Å². The van der Waals surface area contributed by atoms with Gasteiger partial charge in [-0.3, -0.25) is 4.79 Å². The number of Topliss-reactive ketones (excluding diaryl/α,β-unsaturated/α-hetero) is 1. The topological polar surface area (TPSA) is 31.2 Å². The molecule has 1 heterocycles. The van der Waals surface area contributed by atoms with Gasteiger partial charge in [-0.15, -0.1) is 11.8 Å². The Hall–Kier alpha value is -1.04. The lowest BCUT2D eigenvalue weighted by molar-refractivity contribution is 0.102. The van der Waals surface area contributed by atoms with Gasteiger partial charge in [-0.25, -0.2) is 0 Å². The molecule has 0 atom stereocenters. The van der Waals surface area contributed by atoms with Gasteiger partial charge in [0.1, 0.15) is 0 Å². The molecular formula is C17H20BrNO2S. The number of rotatable bonds is 7. The van der Waals surface area contributed by atoms with Crippen molar-refractivity contribution in [3.63, 3.8) is 0 Å². The average Bonchev–Trinajstić information content (AvgIpc) is 2.79. The number of aryl methyl sites for hydroxylation is 1. The second kappa shape index (κ2) is 7.99. The van der Waals surface area contributed by atoms with Crippen LogP contribution in [0.15, 0.2) is 39.7 Å². The van der Waals surface area contributed by atoms with Crippen molar-refractivity contribution in [3.05, 3.63) is 51.8 Å². The summed E-state index contributed by atoms with van der Waals surface area (Å²) in [6.07, 6.45) is 0. The van der Waals surface area contributed by atoms with Gasteiger partial charge in [0.25, 0.3) is 0 Å². The molecule has 0 spiro atoms. The second-order valence-corrected chi connectivity index (χ2v) is 7.06. The van der Waals surface area contributed by atoms with Crippen LogP contribution in [0.3, 0.4) is 0 Å². The van der Waals surface area contributed by atoms with Gasteiger partial charge in [0.2, 0.25) is 0 Å². The van der Waals surface area contributed by atoms with Crippen molar-refractivity contribution in [2.75, 3.05) is 19.5 Å². The molecule has 0 N–H and O–H groups in total. The van der Waals surface area contributed by atoms with E-state index in [0.717, 1.165) is 32.9 Å². The zero-order valence-electron chi connectivity index (χ0n) is 13.1. The summed E-state index contributed by atoms with van der Waals surface area (Å²) in [5, 5.41) is 0. The van der Waals surface area contributed by atoms with E-state index in [1.54, 1.807) is 18.9 Å². The van der Waals surface area contributed by atoms with E-state index in [4.69, 9.17) is 4.74 Å². The number of methoxy groups -OCH3 is 1. The van der Waals surface area contributed by atoms with Gasteiger partial charge in [0.15, 0.2) is 5.78 Å². The minimum absolute atomic E-state index is 0.171. The molecule has 0 aliphatic heterocycles. The highest BCUT2D eigenvalue weighted by molar-refractivity contribution is 9.10. The van der Waals surface area contributed by atoms with E-state index in [2.05, 4.69) is 20.5 Å². The van der Waals surface area contributed by atoms with Crippen LogP contribution >= 0.6 is 27.7 Å². The molecule has 0 fully saturated rings. The van der Waals surface area contributed by atoms with Crippen molar-refractivity contribution in [3.8, 4) is 0 Å². The monoisotopic (exact) mass is 381 g/mol. The van der Waals surface area contributed by atoms with Crippen molar-refractivity contribution >= 4 is 33.5 Å². The molecule has 0 amide bonds. The van der Waals surface area contributed by atoms with Crippen molar-refractivity contribution in [1.82, 2.24) is 4.57 Å². The summed E-state index contributed by atoms with van der Waals surface area (Å²) in [7, 11) is 1.69. The van der Waals surface area contributed by atoms with E-state index in [9.17, 15) is 4.79 Å². The summed E-state index contributed by atoms with van der Waals surface area (Å²) in [5.41, 5.74) is 2.95. The van der Waals surface area contributed by atoms with E-state index < -0.39 is 0 Å². The molecule has 0 bridgehead atoms. The van der Waals surface area contributed by atoms with Crippen molar-refractivity contribution in [2.24, 2.45) is 0 Å². The number of hydrogen-bond donors (Lipinski definition) is 0. The predicted molar refractivity (Wildman–Crippen MR) is 95.0 cm³/mol. The van der Waals surface area contributed by atoms with Crippen molar-refractivity contribution in [1.29, 1.82) is 0 Å². The highest BCUT2D eigenvalue weighted by atomic mass is 79.9. The summed E-state index contributed by atoms with van der Waals surface area (Å²) in [6.45, 7) is 5.46. The van der Waals surface area contributed by atoms with Gasteiger partial charge in [-0.05, 0) is 44.2 Å². The molecule has 0 aliphatic rings. The third-order valence-electron chi connectivity index (χ3n) is 3.58. The highest BCUT2D eigenvalue weighted by Gasteiger charge is 2.15. The standard InChI is InChI=1S/C17H20BrNO2S/c1-12-10-16(13(2)19(12)8-9-21-3)17(20)11-22-15-6-4-14(18)5-7-15/h4-7,10H,8-9,11H2,1-3H3. The molecule has 0 saturated heterocycles. The molecule has 0 unspecified atom stereocenters. The Morgan fingerprint density at radius 1 is 1.27 bits per heavy atom. The molecule has 5 heteroatoms. The first-order valence-corrected chi connectivity index (χ1v) is 8.88. The summed E-state index contributed by atoms with van der Waals surface area (Å²) in [4.78, 5) is 13.6. The van der Waals surface area contributed by atoms with E-state index in [-0.39, 0.29) is 5.78 Å². The largest absolute Gasteiger partial charge is 0.383 e. The molecule has 1 aromatic heterocycles. The number of nitrogens with zero attached hydrogens (tertiary/aromatic N) is 1. The van der Waals surface area contributed by atoms with Crippen LogP contribution < -0.4 is 0 Å². The summed E-state index contributed by atoms with van der Waals surface area (Å²) < 4.78 is 8.31. The molecule has 22 heavy (non-hydrogen) atoms.